The number of carbonyl (C=O) groups is 1. The van der Waals surface area contributed by atoms with E-state index in [0.29, 0.717) is 18.9 Å². The lowest BCUT2D eigenvalue weighted by atomic mass is 10.1. The first-order valence-corrected chi connectivity index (χ1v) is 8.18. The fourth-order valence-electron chi connectivity index (χ4n) is 2.12. The molecule has 4 nitrogen and oxygen atoms in total. The van der Waals surface area contributed by atoms with Crippen molar-refractivity contribution in [2.24, 2.45) is 0 Å². The van der Waals surface area contributed by atoms with E-state index in [0.717, 1.165) is 16.7 Å². The first-order chi connectivity index (χ1) is 11.5. The highest BCUT2D eigenvalue weighted by molar-refractivity contribution is 5.77. The van der Waals surface area contributed by atoms with Gasteiger partial charge in [-0.2, -0.15) is 0 Å². The highest BCUT2D eigenvalue weighted by Gasteiger charge is 2.04. The zero-order valence-electron chi connectivity index (χ0n) is 14.5. The van der Waals surface area contributed by atoms with Gasteiger partial charge in [-0.05, 0) is 49.6 Å². The number of benzene rings is 2. The molecule has 0 heterocycles. The predicted octanol–water partition coefficient (Wildman–Crippen LogP) is 3.62. The van der Waals surface area contributed by atoms with E-state index in [1.54, 1.807) is 0 Å². The summed E-state index contributed by atoms with van der Waals surface area (Å²) < 4.78 is 11.0. The second-order valence-electron chi connectivity index (χ2n) is 6.06. The van der Waals surface area contributed by atoms with Crippen molar-refractivity contribution in [1.29, 1.82) is 0 Å². The average molecular weight is 327 g/mol. The summed E-state index contributed by atoms with van der Waals surface area (Å²) >= 11 is 0. The van der Waals surface area contributed by atoms with Crippen LogP contribution in [-0.4, -0.2) is 18.6 Å². The van der Waals surface area contributed by atoms with E-state index in [1.807, 2.05) is 69.3 Å². The minimum atomic E-state index is -0.135. The van der Waals surface area contributed by atoms with Gasteiger partial charge in [0.25, 0.3) is 5.91 Å². The van der Waals surface area contributed by atoms with Crippen LogP contribution in [0.25, 0.3) is 0 Å². The molecule has 1 amide bonds. The molecule has 1 N–H and O–H groups in total. The Hall–Kier alpha value is -2.33. The molecule has 2 rings (SSSR count). The maximum absolute atomic E-state index is 11.9. The van der Waals surface area contributed by atoms with Crippen molar-refractivity contribution in [2.75, 3.05) is 6.61 Å². The van der Waals surface area contributed by atoms with Crippen molar-refractivity contribution in [1.82, 2.24) is 5.32 Å². The molecular formula is C20H25NO3. The Labute approximate surface area is 143 Å². The second-order valence-corrected chi connectivity index (χ2v) is 6.06. The number of hydrogen-bond donors (Lipinski definition) is 1. The van der Waals surface area contributed by atoms with Crippen LogP contribution in [0.15, 0.2) is 48.5 Å². The lowest BCUT2D eigenvalue weighted by Gasteiger charge is -2.10. The van der Waals surface area contributed by atoms with E-state index in [-0.39, 0.29) is 18.6 Å². The number of carbonyl (C=O) groups excluding carboxylic acids is 1. The summed E-state index contributed by atoms with van der Waals surface area (Å²) in [4.78, 5) is 11.9. The molecule has 2 aromatic rings. The molecule has 0 spiro atoms. The van der Waals surface area contributed by atoms with Gasteiger partial charge in [0.05, 0.1) is 12.7 Å². The van der Waals surface area contributed by atoms with Gasteiger partial charge in [0.2, 0.25) is 0 Å². The Morgan fingerprint density at radius 2 is 1.79 bits per heavy atom. The third-order valence-corrected chi connectivity index (χ3v) is 3.46. The van der Waals surface area contributed by atoms with Crippen LogP contribution >= 0.6 is 0 Å². The van der Waals surface area contributed by atoms with Crippen molar-refractivity contribution >= 4 is 5.91 Å². The minimum absolute atomic E-state index is 0.0176. The molecule has 0 bridgehead atoms. The third kappa shape index (κ3) is 6.42. The number of aryl methyl sites for hydroxylation is 1. The molecular weight excluding hydrogens is 302 g/mol. The average Bonchev–Trinajstić information content (AvgIpc) is 2.57. The van der Waals surface area contributed by atoms with Gasteiger partial charge in [-0.1, -0.05) is 36.4 Å². The van der Waals surface area contributed by atoms with Crippen LogP contribution in [-0.2, 0) is 22.7 Å². The monoisotopic (exact) mass is 327 g/mol. The smallest absolute Gasteiger partial charge is 0.258 e. The lowest BCUT2D eigenvalue weighted by Crippen LogP contribution is -2.28. The van der Waals surface area contributed by atoms with Crippen LogP contribution in [0.3, 0.4) is 0 Å². The van der Waals surface area contributed by atoms with Crippen LogP contribution in [0, 0.1) is 6.92 Å². The van der Waals surface area contributed by atoms with Crippen molar-refractivity contribution in [3.05, 3.63) is 65.2 Å². The highest BCUT2D eigenvalue weighted by Crippen LogP contribution is 2.12. The Morgan fingerprint density at radius 3 is 2.46 bits per heavy atom. The van der Waals surface area contributed by atoms with Crippen LogP contribution in [0.5, 0.6) is 5.75 Å². The standard InChI is InChI=1S/C20H25NO3/c1-15(2)23-13-18-9-7-17(8-10-18)12-21-20(22)14-24-19-6-4-5-16(3)11-19/h4-11,15H,12-14H2,1-3H3,(H,21,22). The summed E-state index contributed by atoms with van der Waals surface area (Å²) in [6.45, 7) is 7.13. The molecule has 24 heavy (non-hydrogen) atoms. The first-order valence-electron chi connectivity index (χ1n) is 8.18. The molecule has 0 aliphatic carbocycles. The van der Waals surface area contributed by atoms with Gasteiger partial charge in [0, 0.05) is 6.54 Å². The van der Waals surface area contributed by atoms with E-state index in [9.17, 15) is 4.79 Å². The molecule has 0 aromatic heterocycles. The maximum Gasteiger partial charge on any atom is 0.258 e. The summed E-state index contributed by atoms with van der Waals surface area (Å²) in [7, 11) is 0. The molecule has 0 saturated carbocycles. The first kappa shape index (κ1) is 18.0. The Morgan fingerprint density at radius 1 is 1.08 bits per heavy atom. The van der Waals surface area contributed by atoms with Crippen molar-refractivity contribution in [2.45, 2.75) is 40.0 Å². The molecule has 0 aliphatic rings. The summed E-state index contributed by atoms with van der Waals surface area (Å²) in [5.74, 6) is 0.573. The Bertz CT molecular complexity index is 650. The van der Waals surface area contributed by atoms with Gasteiger partial charge in [0.1, 0.15) is 5.75 Å². The topological polar surface area (TPSA) is 47.6 Å². The van der Waals surface area contributed by atoms with Gasteiger partial charge in [-0.15, -0.1) is 0 Å². The molecule has 0 unspecified atom stereocenters. The molecule has 0 aliphatic heterocycles. The zero-order chi connectivity index (χ0) is 17.4. The van der Waals surface area contributed by atoms with E-state index in [4.69, 9.17) is 9.47 Å². The quantitative estimate of drug-likeness (QED) is 0.805. The maximum atomic E-state index is 11.9. The van der Waals surface area contributed by atoms with Crippen molar-refractivity contribution in [3.8, 4) is 5.75 Å². The molecule has 128 valence electrons. The summed E-state index contributed by atoms with van der Waals surface area (Å²) in [6.07, 6.45) is 0.220. The Balaban J connectivity index is 1.73. The van der Waals surface area contributed by atoms with Crippen LogP contribution in [0.2, 0.25) is 0 Å². The summed E-state index contributed by atoms with van der Waals surface area (Å²) in [5, 5.41) is 2.86. The lowest BCUT2D eigenvalue weighted by molar-refractivity contribution is -0.123. The molecule has 0 saturated heterocycles. The van der Waals surface area contributed by atoms with E-state index in [1.165, 1.54) is 0 Å². The Kier molecular flexibility index (Phi) is 6.82. The fourth-order valence-corrected chi connectivity index (χ4v) is 2.12. The van der Waals surface area contributed by atoms with Crippen LogP contribution in [0.4, 0.5) is 0 Å². The molecule has 0 radical (unpaired) electrons. The largest absolute Gasteiger partial charge is 0.484 e. The third-order valence-electron chi connectivity index (χ3n) is 3.46. The van der Waals surface area contributed by atoms with Crippen LogP contribution < -0.4 is 10.1 Å². The number of hydrogen-bond acceptors (Lipinski definition) is 3. The van der Waals surface area contributed by atoms with Crippen molar-refractivity contribution < 1.29 is 14.3 Å². The van der Waals surface area contributed by atoms with E-state index >= 15 is 0 Å². The molecule has 0 fully saturated rings. The van der Waals surface area contributed by atoms with Crippen LogP contribution in [0.1, 0.15) is 30.5 Å². The SMILES string of the molecule is Cc1cccc(OCC(=O)NCc2ccc(COC(C)C)cc2)c1. The summed E-state index contributed by atoms with van der Waals surface area (Å²) in [5.41, 5.74) is 3.28. The van der Waals surface area contributed by atoms with Gasteiger partial charge in [0.15, 0.2) is 6.61 Å². The van der Waals surface area contributed by atoms with Gasteiger partial charge >= 0.3 is 0 Å². The fraction of sp³-hybridized carbons (Fsp3) is 0.350. The van der Waals surface area contributed by atoms with Gasteiger partial charge < -0.3 is 14.8 Å². The zero-order valence-corrected chi connectivity index (χ0v) is 14.5. The van der Waals surface area contributed by atoms with Gasteiger partial charge in [-0.25, -0.2) is 0 Å². The molecule has 2 aromatic carbocycles. The highest BCUT2D eigenvalue weighted by atomic mass is 16.5. The molecule has 0 atom stereocenters. The number of nitrogens with one attached hydrogen (secondary N) is 1. The number of amides is 1. The summed E-state index contributed by atoms with van der Waals surface area (Å²) in [6, 6.07) is 15.7. The van der Waals surface area contributed by atoms with Crippen molar-refractivity contribution in [3.63, 3.8) is 0 Å². The molecule has 4 heteroatoms. The number of rotatable bonds is 8. The second kappa shape index (κ2) is 9.08. The minimum Gasteiger partial charge on any atom is -0.484 e. The number of ether oxygens (including phenoxy) is 2. The normalized spacial score (nSPS) is 10.7. The van der Waals surface area contributed by atoms with Gasteiger partial charge in [-0.3, -0.25) is 4.79 Å². The predicted molar refractivity (Wildman–Crippen MR) is 94.9 cm³/mol. The van der Waals surface area contributed by atoms with E-state index in [2.05, 4.69) is 5.32 Å². The van der Waals surface area contributed by atoms with E-state index < -0.39 is 0 Å².